The van der Waals surface area contributed by atoms with Gasteiger partial charge in [0.25, 0.3) is 5.91 Å². The second-order valence-electron chi connectivity index (χ2n) is 5.09. The molecule has 7 heteroatoms. The van der Waals surface area contributed by atoms with Crippen LogP contribution in [0.3, 0.4) is 0 Å². The number of fused-ring (bicyclic) bond motifs is 1. The number of aromatic amines is 1. The molecule has 0 aliphatic heterocycles. The lowest BCUT2D eigenvalue weighted by Crippen LogP contribution is -2.12. The normalized spacial score (nSPS) is 10.9. The molecule has 2 heterocycles. The Morgan fingerprint density at radius 3 is 2.88 bits per heavy atom. The van der Waals surface area contributed by atoms with Gasteiger partial charge >= 0.3 is 0 Å². The van der Waals surface area contributed by atoms with Crippen LogP contribution in [0.4, 0.5) is 9.52 Å². The van der Waals surface area contributed by atoms with Crippen LogP contribution in [0.1, 0.15) is 10.4 Å². The van der Waals surface area contributed by atoms with Crippen LogP contribution in [-0.4, -0.2) is 20.9 Å². The molecule has 0 aliphatic carbocycles. The number of carbonyl (C=O) groups excluding carboxylic acids is 1. The molecular weight excluding hydrogens is 327 g/mol. The van der Waals surface area contributed by atoms with E-state index in [2.05, 4.69) is 20.3 Å². The molecule has 5 nitrogen and oxygen atoms in total. The number of para-hydroxylation sites is 1. The molecule has 2 aromatic carbocycles. The van der Waals surface area contributed by atoms with Gasteiger partial charge in [-0.05, 0) is 24.3 Å². The van der Waals surface area contributed by atoms with E-state index in [-0.39, 0.29) is 11.7 Å². The molecule has 1 amide bonds. The highest BCUT2D eigenvalue weighted by atomic mass is 32.1. The molecule has 0 radical (unpaired) electrons. The number of benzene rings is 2. The highest BCUT2D eigenvalue weighted by molar-refractivity contribution is 7.13. The fraction of sp³-hybridized carbons (Fsp3) is 0. The van der Waals surface area contributed by atoms with Gasteiger partial charge in [-0.25, -0.2) is 14.4 Å². The zero-order valence-electron chi connectivity index (χ0n) is 12.3. The van der Waals surface area contributed by atoms with E-state index in [1.54, 1.807) is 35.8 Å². The van der Waals surface area contributed by atoms with Crippen molar-refractivity contribution in [2.45, 2.75) is 0 Å². The minimum Gasteiger partial charge on any atom is -0.338 e. The molecule has 0 saturated heterocycles. The largest absolute Gasteiger partial charge is 0.338 e. The summed E-state index contributed by atoms with van der Waals surface area (Å²) in [5.41, 5.74) is 2.30. The number of amides is 1. The summed E-state index contributed by atoms with van der Waals surface area (Å²) in [5, 5.41) is 5.05. The van der Waals surface area contributed by atoms with E-state index in [1.165, 1.54) is 23.5 Å². The Labute approximate surface area is 140 Å². The van der Waals surface area contributed by atoms with Crippen molar-refractivity contribution in [3.05, 3.63) is 65.4 Å². The van der Waals surface area contributed by atoms with Crippen LogP contribution in [0.5, 0.6) is 0 Å². The number of rotatable bonds is 3. The Hall–Kier alpha value is -3.06. The molecule has 2 aromatic heterocycles. The van der Waals surface area contributed by atoms with Crippen LogP contribution < -0.4 is 5.32 Å². The van der Waals surface area contributed by atoms with Crippen LogP contribution in [0.25, 0.3) is 22.4 Å². The minimum atomic E-state index is -0.338. The first-order chi connectivity index (χ1) is 11.7. The second kappa shape index (κ2) is 5.86. The number of H-pyrrole nitrogens is 1. The Kier molecular flexibility index (Phi) is 3.55. The van der Waals surface area contributed by atoms with Crippen molar-refractivity contribution in [1.82, 2.24) is 15.0 Å². The third-order valence-corrected chi connectivity index (χ3v) is 4.20. The molecule has 0 bridgehead atoms. The van der Waals surface area contributed by atoms with Gasteiger partial charge in [0.05, 0.1) is 11.1 Å². The quantitative estimate of drug-likeness (QED) is 0.591. The van der Waals surface area contributed by atoms with Crippen molar-refractivity contribution < 1.29 is 9.18 Å². The van der Waals surface area contributed by atoms with E-state index in [0.29, 0.717) is 33.1 Å². The van der Waals surface area contributed by atoms with Gasteiger partial charge in [0, 0.05) is 17.1 Å². The topological polar surface area (TPSA) is 70.7 Å². The van der Waals surface area contributed by atoms with E-state index in [0.717, 1.165) is 0 Å². The molecule has 0 aliphatic rings. The zero-order valence-corrected chi connectivity index (χ0v) is 13.1. The average Bonchev–Trinajstić information content (AvgIpc) is 3.23. The van der Waals surface area contributed by atoms with Crippen molar-refractivity contribution in [2.75, 3.05) is 5.32 Å². The number of anilines is 1. The maximum Gasteiger partial charge on any atom is 0.259 e. The molecule has 0 unspecified atom stereocenters. The summed E-state index contributed by atoms with van der Waals surface area (Å²) in [6.07, 6.45) is 1.62. The Morgan fingerprint density at radius 1 is 1.21 bits per heavy atom. The molecule has 2 N–H and O–H groups in total. The average molecular weight is 338 g/mol. The molecule has 118 valence electrons. The van der Waals surface area contributed by atoms with Crippen LogP contribution in [0.2, 0.25) is 0 Å². The van der Waals surface area contributed by atoms with Crippen molar-refractivity contribution >= 4 is 33.4 Å². The number of hydrogen-bond donors (Lipinski definition) is 2. The van der Waals surface area contributed by atoms with E-state index < -0.39 is 0 Å². The summed E-state index contributed by atoms with van der Waals surface area (Å²) in [7, 11) is 0. The first-order valence-electron chi connectivity index (χ1n) is 7.16. The SMILES string of the molecule is O=C(Nc1nccs1)c1cccc2[nH]c(-c3cccc(F)c3)nc12. The maximum atomic E-state index is 13.4. The lowest BCUT2D eigenvalue weighted by atomic mass is 10.2. The van der Waals surface area contributed by atoms with E-state index in [9.17, 15) is 9.18 Å². The highest BCUT2D eigenvalue weighted by Gasteiger charge is 2.15. The third kappa shape index (κ3) is 2.65. The third-order valence-electron chi connectivity index (χ3n) is 3.51. The zero-order chi connectivity index (χ0) is 16.5. The van der Waals surface area contributed by atoms with E-state index >= 15 is 0 Å². The Morgan fingerprint density at radius 2 is 2.08 bits per heavy atom. The predicted octanol–water partition coefficient (Wildman–Crippen LogP) is 4.08. The fourth-order valence-electron chi connectivity index (χ4n) is 2.44. The molecule has 0 spiro atoms. The van der Waals surface area contributed by atoms with E-state index in [4.69, 9.17) is 0 Å². The van der Waals surface area contributed by atoms with Gasteiger partial charge < -0.3 is 4.98 Å². The number of hydrogen-bond acceptors (Lipinski definition) is 4. The summed E-state index contributed by atoms with van der Waals surface area (Å²) >= 11 is 1.34. The van der Waals surface area contributed by atoms with Gasteiger partial charge in [0.15, 0.2) is 5.13 Å². The van der Waals surface area contributed by atoms with Crippen LogP contribution in [0.15, 0.2) is 54.0 Å². The lowest BCUT2D eigenvalue weighted by Gasteiger charge is -2.02. The monoisotopic (exact) mass is 338 g/mol. The highest BCUT2D eigenvalue weighted by Crippen LogP contribution is 2.24. The van der Waals surface area contributed by atoms with Crippen molar-refractivity contribution in [2.24, 2.45) is 0 Å². The molecule has 4 aromatic rings. The molecule has 0 saturated carbocycles. The van der Waals surface area contributed by atoms with Gasteiger partial charge in [-0.3, -0.25) is 10.1 Å². The lowest BCUT2D eigenvalue weighted by molar-refractivity contribution is 0.102. The summed E-state index contributed by atoms with van der Waals surface area (Å²) in [6.45, 7) is 0. The fourth-order valence-corrected chi connectivity index (χ4v) is 2.96. The number of halogens is 1. The number of aromatic nitrogens is 3. The Balaban J connectivity index is 1.76. The van der Waals surface area contributed by atoms with Gasteiger partial charge in [0.2, 0.25) is 0 Å². The van der Waals surface area contributed by atoms with Gasteiger partial charge in [-0.2, -0.15) is 0 Å². The smallest absolute Gasteiger partial charge is 0.259 e. The summed E-state index contributed by atoms with van der Waals surface area (Å²) < 4.78 is 13.4. The first-order valence-corrected chi connectivity index (χ1v) is 8.04. The van der Waals surface area contributed by atoms with Gasteiger partial charge in [-0.15, -0.1) is 11.3 Å². The van der Waals surface area contributed by atoms with Crippen LogP contribution in [0, 0.1) is 5.82 Å². The number of nitrogens with zero attached hydrogens (tertiary/aromatic N) is 2. The predicted molar refractivity (Wildman–Crippen MR) is 91.6 cm³/mol. The minimum absolute atomic E-state index is 0.284. The standard InChI is InChI=1S/C17H11FN4OS/c18-11-4-1-3-10(9-11)15-20-13-6-2-5-12(14(13)21-15)16(23)22-17-19-7-8-24-17/h1-9H,(H,20,21)(H,19,22,23). The van der Waals surface area contributed by atoms with Crippen LogP contribution >= 0.6 is 11.3 Å². The summed E-state index contributed by atoms with van der Waals surface area (Å²) in [6, 6.07) is 11.4. The van der Waals surface area contributed by atoms with E-state index in [1.807, 2.05) is 6.07 Å². The number of thiazole rings is 1. The summed E-state index contributed by atoms with van der Waals surface area (Å²) in [5.74, 6) is -0.110. The van der Waals surface area contributed by atoms with Gasteiger partial charge in [-0.1, -0.05) is 18.2 Å². The molecule has 24 heavy (non-hydrogen) atoms. The van der Waals surface area contributed by atoms with Gasteiger partial charge in [0.1, 0.15) is 17.2 Å². The maximum absolute atomic E-state index is 13.4. The van der Waals surface area contributed by atoms with Crippen molar-refractivity contribution in [3.8, 4) is 11.4 Å². The number of imidazole rings is 1. The van der Waals surface area contributed by atoms with Crippen molar-refractivity contribution in [1.29, 1.82) is 0 Å². The molecule has 0 atom stereocenters. The number of carbonyl (C=O) groups is 1. The Bertz CT molecular complexity index is 1030. The molecule has 4 rings (SSSR count). The second-order valence-corrected chi connectivity index (χ2v) is 5.98. The summed E-state index contributed by atoms with van der Waals surface area (Å²) in [4.78, 5) is 24.1. The number of nitrogens with one attached hydrogen (secondary N) is 2. The molecular formula is C17H11FN4OS. The molecule has 0 fully saturated rings. The first kappa shape index (κ1) is 14.5. The van der Waals surface area contributed by atoms with Crippen LogP contribution in [-0.2, 0) is 0 Å². The van der Waals surface area contributed by atoms with Crippen molar-refractivity contribution in [3.63, 3.8) is 0 Å².